The van der Waals surface area contributed by atoms with Crippen molar-refractivity contribution in [2.75, 3.05) is 0 Å². The second-order valence-corrected chi connectivity index (χ2v) is 4.37. The first-order valence-electron chi connectivity index (χ1n) is 4.30. The molecule has 0 radical (unpaired) electrons. The molecule has 2 rings (SSSR count). The van der Waals surface area contributed by atoms with Gasteiger partial charge in [-0.15, -0.1) is 0 Å². The molecular formula is C10H6BrF2NO. The van der Waals surface area contributed by atoms with Crippen molar-refractivity contribution in [1.82, 2.24) is 0 Å². The van der Waals surface area contributed by atoms with Gasteiger partial charge in [0.15, 0.2) is 0 Å². The molecule has 1 aliphatic rings. The van der Waals surface area contributed by atoms with Crippen molar-refractivity contribution >= 4 is 15.9 Å². The summed E-state index contributed by atoms with van der Waals surface area (Å²) >= 11 is 2.81. The van der Waals surface area contributed by atoms with Gasteiger partial charge in [-0.1, -0.05) is 0 Å². The molecule has 0 aromatic heterocycles. The molecule has 78 valence electrons. The summed E-state index contributed by atoms with van der Waals surface area (Å²) in [6, 6.07) is 2.73. The van der Waals surface area contributed by atoms with E-state index in [1.807, 2.05) is 6.07 Å². The van der Waals surface area contributed by atoms with E-state index in [0.29, 0.717) is 12.8 Å². The first-order valence-corrected chi connectivity index (χ1v) is 5.09. The van der Waals surface area contributed by atoms with Crippen LogP contribution in [0.5, 0.6) is 5.75 Å². The predicted octanol–water partition coefficient (Wildman–Crippen LogP) is 2.99. The Morgan fingerprint density at radius 2 is 2.07 bits per heavy atom. The fraction of sp³-hybridized carbons (Fsp3) is 0.300. The topological polar surface area (TPSA) is 44.0 Å². The van der Waals surface area contributed by atoms with Crippen LogP contribution in [0, 0.1) is 23.0 Å². The maximum atomic E-state index is 13.6. The van der Waals surface area contributed by atoms with E-state index in [1.54, 1.807) is 0 Å². The van der Waals surface area contributed by atoms with Crippen LogP contribution in [0.25, 0.3) is 0 Å². The van der Waals surface area contributed by atoms with Gasteiger partial charge in [0.1, 0.15) is 17.4 Å². The molecule has 1 aromatic carbocycles. The molecule has 0 aliphatic heterocycles. The summed E-state index contributed by atoms with van der Waals surface area (Å²) in [5.41, 5.74) is -1.28. The van der Waals surface area contributed by atoms with E-state index >= 15 is 0 Å². The molecule has 1 saturated carbocycles. The lowest BCUT2D eigenvalue weighted by Crippen LogP contribution is -2.09. The molecule has 0 amide bonds. The van der Waals surface area contributed by atoms with Gasteiger partial charge >= 0.3 is 0 Å². The van der Waals surface area contributed by atoms with Crippen LogP contribution >= 0.6 is 15.9 Å². The quantitative estimate of drug-likeness (QED) is 0.800. The van der Waals surface area contributed by atoms with E-state index in [1.165, 1.54) is 0 Å². The van der Waals surface area contributed by atoms with E-state index in [-0.39, 0.29) is 10.0 Å². The fourth-order valence-electron chi connectivity index (χ4n) is 1.56. The van der Waals surface area contributed by atoms with Gasteiger partial charge in [0, 0.05) is 11.6 Å². The van der Waals surface area contributed by atoms with Crippen molar-refractivity contribution in [3.05, 3.63) is 27.7 Å². The third kappa shape index (κ3) is 1.40. The molecule has 0 spiro atoms. The van der Waals surface area contributed by atoms with Gasteiger partial charge in [-0.25, -0.2) is 8.78 Å². The second kappa shape index (κ2) is 3.17. The first-order chi connectivity index (χ1) is 7.02. The number of benzene rings is 1. The van der Waals surface area contributed by atoms with Crippen molar-refractivity contribution < 1.29 is 13.9 Å². The number of halogens is 3. The number of nitrogens with zero attached hydrogens (tertiary/aromatic N) is 1. The zero-order valence-corrected chi connectivity index (χ0v) is 9.11. The Labute approximate surface area is 93.3 Å². The summed E-state index contributed by atoms with van der Waals surface area (Å²) in [4.78, 5) is 0. The van der Waals surface area contributed by atoms with Crippen molar-refractivity contribution in [3.8, 4) is 11.8 Å². The molecule has 0 saturated heterocycles. The van der Waals surface area contributed by atoms with Gasteiger partial charge in [0.2, 0.25) is 0 Å². The van der Waals surface area contributed by atoms with Crippen molar-refractivity contribution in [2.45, 2.75) is 18.3 Å². The number of phenolic OH excluding ortho intramolecular Hbond substituents is 1. The molecule has 0 atom stereocenters. The van der Waals surface area contributed by atoms with Crippen LogP contribution in [0.1, 0.15) is 18.4 Å². The third-order valence-corrected chi connectivity index (χ3v) is 3.34. The lowest BCUT2D eigenvalue weighted by Gasteiger charge is -2.11. The normalized spacial score (nSPS) is 17.2. The highest BCUT2D eigenvalue weighted by Gasteiger charge is 2.49. The summed E-state index contributed by atoms with van der Waals surface area (Å²) in [6.07, 6.45) is 0.906. The van der Waals surface area contributed by atoms with Crippen molar-refractivity contribution in [1.29, 1.82) is 5.26 Å². The van der Waals surface area contributed by atoms with Crippen molar-refractivity contribution in [3.63, 3.8) is 0 Å². The molecule has 0 unspecified atom stereocenters. The molecule has 1 aliphatic carbocycles. The van der Waals surface area contributed by atoms with Gasteiger partial charge in [0.25, 0.3) is 0 Å². The fourth-order valence-corrected chi connectivity index (χ4v) is 1.88. The van der Waals surface area contributed by atoms with E-state index in [4.69, 9.17) is 10.4 Å². The molecule has 5 heteroatoms. The first kappa shape index (κ1) is 10.4. The zero-order valence-electron chi connectivity index (χ0n) is 7.52. The van der Waals surface area contributed by atoms with Crippen molar-refractivity contribution in [2.24, 2.45) is 0 Å². The van der Waals surface area contributed by atoms with Crippen LogP contribution in [0.2, 0.25) is 0 Å². The Balaban J connectivity index is 2.68. The summed E-state index contributed by atoms with van der Waals surface area (Å²) < 4.78 is 26.9. The van der Waals surface area contributed by atoms with Crippen LogP contribution in [-0.2, 0) is 5.41 Å². The van der Waals surface area contributed by atoms with Crippen LogP contribution in [0.4, 0.5) is 8.78 Å². The largest absolute Gasteiger partial charge is 0.507 e. The number of nitriles is 1. The van der Waals surface area contributed by atoms with Gasteiger partial charge < -0.3 is 5.11 Å². The summed E-state index contributed by atoms with van der Waals surface area (Å²) in [6.45, 7) is 0. The predicted molar refractivity (Wildman–Crippen MR) is 52.2 cm³/mol. The summed E-state index contributed by atoms with van der Waals surface area (Å²) in [5.74, 6) is -2.25. The molecule has 2 nitrogen and oxygen atoms in total. The Hall–Kier alpha value is -1.15. The second-order valence-electron chi connectivity index (χ2n) is 3.57. The van der Waals surface area contributed by atoms with E-state index < -0.39 is 22.8 Å². The van der Waals surface area contributed by atoms with Gasteiger partial charge in [-0.05, 0) is 28.8 Å². The maximum absolute atomic E-state index is 13.6. The molecule has 0 bridgehead atoms. The molecule has 15 heavy (non-hydrogen) atoms. The maximum Gasteiger partial charge on any atom is 0.148 e. The molecular weight excluding hydrogens is 268 g/mol. The zero-order chi connectivity index (χ0) is 11.2. The lowest BCUT2D eigenvalue weighted by atomic mass is 9.96. The van der Waals surface area contributed by atoms with Gasteiger partial charge in [-0.3, -0.25) is 0 Å². The molecule has 1 N–H and O–H groups in total. The number of hydrogen-bond acceptors (Lipinski definition) is 2. The number of hydrogen-bond donors (Lipinski definition) is 1. The monoisotopic (exact) mass is 273 g/mol. The Morgan fingerprint density at radius 1 is 1.47 bits per heavy atom. The number of phenols is 1. The van der Waals surface area contributed by atoms with Crippen LogP contribution in [0.3, 0.4) is 0 Å². The minimum Gasteiger partial charge on any atom is -0.507 e. The summed E-state index contributed by atoms with van der Waals surface area (Å²) in [7, 11) is 0. The van der Waals surface area contributed by atoms with Gasteiger partial charge in [0.05, 0.1) is 16.0 Å². The number of rotatable bonds is 1. The lowest BCUT2D eigenvalue weighted by molar-refractivity contribution is 0.449. The SMILES string of the molecule is N#CC1(c2c(F)cc(O)c(Br)c2F)CC1. The van der Waals surface area contributed by atoms with Crippen LogP contribution in [0.15, 0.2) is 10.5 Å². The average molecular weight is 274 g/mol. The van der Waals surface area contributed by atoms with Gasteiger partial charge in [-0.2, -0.15) is 5.26 Å². The molecule has 0 heterocycles. The molecule has 1 aromatic rings. The standard InChI is InChI=1S/C10H6BrF2NO/c11-8-6(15)3-5(12)7(9(8)13)10(4-14)1-2-10/h3,15H,1-2H2. The Morgan fingerprint density at radius 3 is 2.53 bits per heavy atom. The number of aromatic hydroxyl groups is 1. The highest BCUT2D eigenvalue weighted by atomic mass is 79.9. The Bertz CT molecular complexity index is 477. The highest BCUT2D eigenvalue weighted by molar-refractivity contribution is 9.10. The van der Waals surface area contributed by atoms with E-state index in [0.717, 1.165) is 6.07 Å². The Kier molecular flexibility index (Phi) is 2.19. The smallest absolute Gasteiger partial charge is 0.148 e. The minimum atomic E-state index is -1.04. The molecule has 1 fully saturated rings. The van der Waals surface area contributed by atoms with E-state index in [2.05, 4.69) is 15.9 Å². The third-order valence-electron chi connectivity index (χ3n) is 2.58. The average Bonchev–Trinajstić information content (AvgIpc) is 2.96. The summed E-state index contributed by atoms with van der Waals surface area (Å²) in [5, 5.41) is 18.0. The van der Waals surface area contributed by atoms with Crippen LogP contribution < -0.4 is 0 Å². The minimum absolute atomic E-state index is 0.194. The highest BCUT2D eigenvalue weighted by Crippen LogP contribution is 2.51. The van der Waals surface area contributed by atoms with Crippen LogP contribution in [-0.4, -0.2) is 5.11 Å². The van der Waals surface area contributed by atoms with E-state index in [9.17, 15) is 8.78 Å².